The van der Waals surface area contributed by atoms with Gasteiger partial charge in [-0.15, -0.1) is 0 Å². The molecule has 58 valence electrons. The van der Waals surface area contributed by atoms with E-state index in [4.69, 9.17) is 0 Å². The van der Waals surface area contributed by atoms with E-state index in [1.807, 2.05) is 10.8 Å². The standard InChI is InChI=1S/C9H12N2/c1-3-9(2)4-6-11-7-5-10-8-11/h3,5,7-8H,1-2,4,6H2. The van der Waals surface area contributed by atoms with Crippen molar-refractivity contribution in [2.75, 3.05) is 0 Å². The molecule has 0 N–H and O–H groups in total. The van der Waals surface area contributed by atoms with E-state index in [0.717, 1.165) is 18.5 Å². The normalized spacial score (nSPS) is 9.45. The smallest absolute Gasteiger partial charge is 0.0946 e. The number of aryl methyl sites for hydroxylation is 1. The number of nitrogens with zero attached hydrogens (tertiary/aromatic N) is 2. The molecule has 0 aliphatic heterocycles. The van der Waals surface area contributed by atoms with Crippen LogP contribution in [0.4, 0.5) is 0 Å². The van der Waals surface area contributed by atoms with Gasteiger partial charge in [0.25, 0.3) is 0 Å². The molecule has 0 aromatic carbocycles. The third-order valence-corrected chi connectivity index (χ3v) is 1.54. The minimum absolute atomic E-state index is 0.935. The number of hydrogen-bond acceptors (Lipinski definition) is 1. The Morgan fingerprint density at radius 2 is 2.45 bits per heavy atom. The van der Waals surface area contributed by atoms with Crippen molar-refractivity contribution in [1.29, 1.82) is 0 Å². The molecule has 2 heteroatoms. The summed E-state index contributed by atoms with van der Waals surface area (Å²) in [4.78, 5) is 3.93. The van der Waals surface area contributed by atoms with Crippen molar-refractivity contribution in [2.24, 2.45) is 0 Å². The largest absolute Gasteiger partial charge is 0.337 e. The Hall–Kier alpha value is -1.31. The average molecular weight is 148 g/mol. The fraction of sp³-hybridized carbons (Fsp3) is 0.222. The van der Waals surface area contributed by atoms with Gasteiger partial charge in [0.1, 0.15) is 0 Å². The van der Waals surface area contributed by atoms with E-state index in [-0.39, 0.29) is 0 Å². The SMILES string of the molecule is C=CC(=C)CCn1ccnc1. The van der Waals surface area contributed by atoms with Crippen molar-refractivity contribution >= 4 is 0 Å². The van der Waals surface area contributed by atoms with Crippen LogP contribution in [0, 0.1) is 0 Å². The molecule has 0 aliphatic rings. The molecule has 11 heavy (non-hydrogen) atoms. The number of aromatic nitrogens is 2. The molecule has 0 unspecified atom stereocenters. The molecule has 1 aromatic heterocycles. The summed E-state index contributed by atoms with van der Waals surface area (Å²) in [6.45, 7) is 8.39. The molecule has 0 radical (unpaired) electrons. The first-order valence-corrected chi connectivity index (χ1v) is 3.59. The summed E-state index contributed by atoms with van der Waals surface area (Å²) in [5.74, 6) is 0. The van der Waals surface area contributed by atoms with Gasteiger partial charge in [0.05, 0.1) is 6.33 Å². The van der Waals surface area contributed by atoms with Gasteiger partial charge in [0, 0.05) is 18.9 Å². The third-order valence-electron chi connectivity index (χ3n) is 1.54. The van der Waals surface area contributed by atoms with E-state index in [0.29, 0.717) is 0 Å². The predicted octanol–water partition coefficient (Wildman–Crippen LogP) is 2.02. The molecule has 2 nitrogen and oxygen atoms in total. The summed E-state index contributed by atoms with van der Waals surface area (Å²) in [6.07, 6.45) is 8.25. The minimum Gasteiger partial charge on any atom is -0.337 e. The Labute approximate surface area is 66.9 Å². The first-order chi connectivity index (χ1) is 5.33. The molecule has 1 heterocycles. The molecule has 0 atom stereocenters. The van der Waals surface area contributed by atoms with Crippen LogP contribution >= 0.6 is 0 Å². The van der Waals surface area contributed by atoms with E-state index in [2.05, 4.69) is 18.1 Å². The van der Waals surface area contributed by atoms with E-state index in [1.54, 1.807) is 18.6 Å². The first-order valence-electron chi connectivity index (χ1n) is 3.59. The average Bonchev–Trinajstić information content (AvgIpc) is 2.52. The van der Waals surface area contributed by atoms with Gasteiger partial charge >= 0.3 is 0 Å². The van der Waals surface area contributed by atoms with Crippen LogP contribution in [-0.4, -0.2) is 9.55 Å². The summed E-state index contributed by atoms with van der Waals surface area (Å²) in [5, 5.41) is 0. The molecule has 1 aromatic rings. The van der Waals surface area contributed by atoms with Crippen molar-refractivity contribution in [3.8, 4) is 0 Å². The molecule has 0 bridgehead atoms. The minimum atomic E-state index is 0.935. The van der Waals surface area contributed by atoms with Crippen LogP contribution in [0.1, 0.15) is 6.42 Å². The zero-order chi connectivity index (χ0) is 8.10. The monoisotopic (exact) mass is 148 g/mol. The molecule has 0 saturated heterocycles. The molecule has 0 amide bonds. The highest BCUT2D eigenvalue weighted by Crippen LogP contribution is 2.00. The fourth-order valence-corrected chi connectivity index (χ4v) is 0.794. The molecule has 0 fully saturated rings. The summed E-state index contributed by atoms with van der Waals surface area (Å²) >= 11 is 0. The van der Waals surface area contributed by atoms with Crippen LogP contribution in [0.3, 0.4) is 0 Å². The van der Waals surface area contributed by atoms with Crippen LogP contribution in [-0.2, 0) is 6.54 Å². The molecule has 0 aliphatic carbocycles. The van der Waals surface area contributed by atoms with Gasteiger partial charge in [-0.3, -0.25) is 0 Å². The Morgan fingerprint density at radius 1 is 1.64 bits per heavy atom. The predicted molar refractivity (Wildman–Crippen MR) is 46.2 cm³/mol. The summed E-state index contributed by atoms with van der Waals surface area (Å²) in [6, 6.07) is 0. The van der Waals surface area contributed by atoms with E-state index >= 15 is 0 Å². The maximum atomic E-state index is 3.93. The van der Waals surface area contributed by atoms with Crippen molar-refractivity contribution in [3.05, 3.63) is 43.5 Å². The second kappa shape index (κ2) is 3.76. The van der Waals surface area contributed by atoms with Crippen LogP contribution < -0.4 is 0 Å². The van der Waals surface area contributed by atoms with E-state index in [9.17, 15) is 0 Å². The lowest BCUT2D eigenvalue weighted by molar-refractivity contribution is 0.699. The second-order valence-corrected chi connectivity index (χ2v) is 2.41. The van der Waals surface area contributed by atoms with Crippen molar-refractivity contribution in [1.82, 2.24) is 9.55 Å². The quantitative estimate of drug-likeness (QED) is 0.597. The number of rotatable bonds is 4. The molecule has 0 spiro atoms. The number of allylic oxidation sites excluding steroid dienone is 2. The maximum Gasteiger partial charge on any atom is 0.0946 e. The highest BCUT2D eigenvalue weighted by atomic mass is 15.0. The third kappa shape index (κ3) is 2.42. The number of hydrogen-bond donors (Lipinski definition) is 0. The summed E-state index contributed by atoms with van der Waals surface area (Å²) in [7, 11) is 0. The van der Waals surface area contributed by atoms with Gasteiger partial charge < -0.3 is 4.57 Å². The number of imidazole rings is 1. The topological polar surface area (TPSA) is 17.8 Å². The van der Waals surface area contributed by atoms with Crippen LogP contribution in [0.15, 0.2) is 43.5 Å². The Balaban J connectivity index is 2.34. The van der Waals surface area contributed by atoms with E-state index < -0.39 is 0 Å². The Morgan fingerprint density at radius 3 is 3.00 bits per heavy atom. The van der Waals surface area contributed by atoms with Gasteiger partial charge in [0.15, 0.2) is 0 Å². The van der Waals surface area contributed by atoms with E-state index in [1.165, 1.54) is 0 Å². The zero-order valence-corrected chi connectivity index (χ0v) is 6.53. The molecular weight excluding hydrogens is 136 g/mol. The highest BCUT2D eigenvalue weighted by molar-refractivity contribution is 5.10. The molecular formula is C9H12N2. The lowest BCUT2D eigenvalue weighted by Crippen LogP contribution is -1.94. The lowest BCUT2D eigenvalue weighted by atomic mass is 10.2. The Kier molecular flexibility index (Phi) is 2.66. The zero-order valence-electron chi connectivity index (χ0n) is 6.53. The molecule has 1 rings (SSSR count). The van der Waals surface area contributed by atoms with Crippen LogP contribution in [0.2, 0.25) is 0 Å². The van der Waals surface area contributed by atoms with Crippen LogP contribution in [0.5, 0.6) is 0 Å². The van der Waals surface area contributed by atoms with Gasteiger partial charge in [-0.25, -0.2) is 4.98 Å². The van der Waals surface area contributed by atoms with Gasteiger partial charge in [-0.2, -0.15) is 0 Å². The second-order valence-electron chi connectivity index (χ2n) is 2.41. The fourth-order valence-electron chi connectivity index (χ4n) is 0.794. The highest BCUT2D eigenvalue weighted by Gasteiger charge is 1.90. The van der Waals surface area contributed by atoms with Gasteiger partial charge in [0.2, 0.25) is 0 Å². The van der Waals surface area contributed by atoms with Crippen molar-refractivity contribution in [3.63, 3.8) is 0 Å². The van der Waals surface area contributed by atoms with Gasteiger partial charge in [-0.1, -0.05) is 24.8 Å². The molecule has 0 saturated carbocycles. The van der Waals surface area contributed by atoms with Crippen molar-refractivity contribution in [2.45, 2.75) is 13.0 Å². The van der Waals surface area contributed by atoms with Crippen molar-refractivity contribution < 1.29 is 0 Å². The maximum absolute atomic E-state index is 3.93. The first kappa shape index (κ1) is 7.79. The lowest BCUT2D eigenvalue weighted by Gasteiger charge is -2.00. The van der Waals surface area contributed by atoms with Crippen LogP contribution in [0.25, 0.3) is 0 Å². The Bertz CT molecular complexity index is 234. The summed E-state index contributed by atoms with van der Waals surface area (Å²) < 4.78 is 2.02. The van der Waals surface area contributed by atoms with Gasteiger partial charge in [-0.05, 0) is 6.42 Å². The summed E-state index contributed by atoms with van der Waals surface area (Å²) in [5.41, 5.74) is 1.07.